The van der Waals surface area contributed by atoms with Crippen molar-refractivity contribution in [2.75, 3.05) is 19.6 Å². The maximum atomic E-state index is 12.3. The molecule has 1 aliphatic heterocycles. The summed E-state index contributed by atoms with van der Waals surface area (Å²) in [4.78, 5) is 39.6. The van der Waals surface area contributed by atoms with Crippen LogP contribution >= 0.6 is 11.8 Å². The summed E-state index contributed by atoms with van der Waals surface area (Å²) >= 11 is 0.828. The van der Waals surface area contributed by atoms with Crippen molar-refractivity contribution < 1.29 is 18.8 Å². The maximum absolute atomic E-state index is 12.3. The van der Waals surface area contributed by atoms with E-state index < -0.39 is 11.1 Å². The largest absolute Gasteiger partial charge is 0.465 e. The molecule has 7 heteroatoms. The second kappa shape index (κ2) is 8.01. The average molecular weight is 336 g/mol. The van der Waals surface area contributed by atoms with Crippen LogP contribution in [0, 0.1) is 0 Å². The zero-order chi connectivity index (χ0) is 16.8. The number of furan rings is 1. The predicted molar refractivity (Wildman–Crippen MR) is 88.5 cm³/mol. The number of hydrogen-bond acceptors (Lipinski definition) is 5. The van der Waals surface area contributed by atoms with Crippen LogP contribution in [-0.4, -0.2) is 46.5 Å². The summed E-state index contributed by atoms with van der Waals surface area (Å²) < 4.78 is 5.15. The topological polar surface area (TPSA) is 70.8 Å². The lowest BCUT2D eigenvalue weighted by molar-refractivity contribution is -0.135. The van der Waals surface area contributed by atoms with Gasteiger partial charge in [0.2, 0.25) is 5.91 Å². The van der Waals surface area contributed by atoms with E-state index in [1.54, 1.807) is 17.0 Å². The Hall–Kier alpha value is -2.02. The fourth-order valence-corrected chi connectivity index (χ4v) is 3.09. The molecule has 0 saturated carbocycles. The highest BCUT2D eigenvalue weighted by molar-refractivity contribution is 8.18. The Morgan fingerprint density at radius 2 is 2.00 bits per heavy atom. The standard InChI is InChI=1S/C16H20N2O4S/c1-3-7-17(8-4-2)14(19)11-18-15(20)13(23-16(18)21)10-12-6-5-9-22-12/h5-6,9-10H,3-4,7-8,11H2,1-2H3/b13-10-. The van der Waals surface area contributed by atoms with Crippen LogP contribution in [-0.2, 0) is 9.59 Å². The summed E-state index contributed by atoms with van der Waals surface area (Å²) in [5, 5.41) is -0.422. The molecule has 3 amide bonds. The lowest BCUT2D eigenvalue weighted by Crippen LogP contribution is -2.42. The summed E-state index contributed by atoms with van der Waals surface area (Å²) in [6.45, 7) is 5.03. The number of hydrogen-bond donors (Lipinski definition) is 0. The first-order valence-corrected chi connectivity index (χ1v) is 8.45. The molecule has 0 aromatic carbocycles. The molecule has 2 heterocycles. The molecule has 0 bridgehead atoms. The van der Waals surface area contributed by atoms with Gasteiger partial charge in [0.1, 0.15) is 12.3 Å². The van der Waals surface area contributed by atoms with Crippen molar-refractivity contribution in [1.29, 1.82) is 0 Å². The SMILES string of the molecule is CCCN(CCC)C(=O)CN1C(=O)S/C(=C\c2ccco2)C1=O. The highest BCUT2D eigenvalue weighted by Gasteiger charge is 2.37. The minimum absolute atomic E-state index is 0.199. The number of carbonyl (C=O) groups excluding carboxylic acids is 3. The zero-order valence-corrected chi connectivity index (χ0v) is 14.1. The molecule has 1 aromatic rings. The van der Waals surface area contributed by atoms with E-state index >= 15 is 0 Å². The summed E-state index contributed by atoms with van der Waals surface area (Å²) in [6.07, 6.45) is 4.69. The molecule has 2 rings (SSSR count). The van der Waals surface area contributed by atoms with Crippen LogP contribution in [0.25, 0.3) is 6.08 Å². The summed E-state index contributed by atoms with van der Waals surface area (Å²) in [7, 11) is 0. The van der Waals surface area contributed by atoms with Crippen LogP contribution in [0.1, 0.15) is 32.4 Å². The van der Waals surface area contributed by atoms with Crippen molar-refractivity contribution >= 4 is 34.9 Å². The highest BCUT2D eigenvalue weighted by Crippen LogP contribution is 2.32. The minimum Gasteiger partial charge on any atom is -0.465 e. The molecule has 124 valence electrons. The summed E-state index contributed by atoms with van der Waals surface area (Å²) in [6, 6.07) is 3.40. The van der Waals surface area contributed by atoms with Crippen molar-refractivity contribution in [2.24, 2.45) is 0 Å². The van der Waals surface area contributed by atoms with Gasteiger partial charge in [0.25, 0.3) is 11.1 Å². The smallest absolute Gasteiger partial charge is 0.294 e. The molecule has 0 spiro atoms. The van der Waals surface area contributed by atoms with Gasteiger partial charge >= 0.3 is 0 Å². The number of rotatable bonds is 7. The van der Waals surface area contributed by atoms with Gasteiger partial charge in [0.05, 0.1) is 11.2 Å². The Balaban J connectivity index is 2.06. The van der Waals surface area contributed by atoms with Crippen molar-refractivity contribution in [3.05, 3.63) is 29.1 Å². The first kappa shape index (κ1) is 17.3. The van der Waals surface area contributed by atoms with E-state index in [0.29, 0.717) is 18.8 Å². The Bertz CT molecular complexity index is 604. The van der Waals surface area contributed by atoms with Gasteiger partial charge in [-0.15, -0.1) is 0 Å². The second-order valence-corrected chi connectivity index (χ2v) is 6.16. The first-order valence-electron chi connectivity index (χ1n) is 7.63. The molecule has 1 aliphatic rings. The number of imide groups is 1. The monoisotopic (exact) mass is 336 g/mol. The van der Waals surface area contributed by atoms with Crippen LogP contribution in [0.2, 0.25) is 0 Å². The third-order valence-electron chi connectivity index (χ3n) is 3.32. The third kappa shape index (κ3) is 4.25. The highest BCUT2D eigenvalue weighted by atomic mass is 32.2. The average Bonchev–Trinajstić information content (AvgIpc) is 3.11. The van der Waals surface area contributed by atoms with E-state index in [1.807, 2.05) is 13.8 Å². The molecular formula is C16H20N2O4S. The molecular weight excluding hydrogens is 316 g/mol. The first-order chi connectivity index (χ1) is 11.1. The van der Waals surface area contributed by atoms with Gasteiger partial charge in [-0.2, -0.15) is 0 Å². The summed E-state index contributed by atoms with van der Waals surface area (Å²) in [5.41, 5.74) is 0. The van der Waals surface area contributed by atoms with Gasteiger partial charge in [-0.3, -0.25) is 19.3 Å². The van der Waals surface area contributed by atoms with Crippen molar-refractivity contribution in [2.45, 2.75) is 26.7 Å². The fourth-order valence-electron chi connectivity index (χ4n) is 2.28. The van der Waals surface area contributed by atoms with E-state index in [9.17, 15) is 14.4 Å². The molecule has 0 atom stereocenters. The van der Waals surface area contributed by atoms with Crippen molar-refractivity contribution in [3.8, 4) is 0 Å². The molecule has 23 heavy (non-hydrogen) atoms. The molecule has 0 radical (unpaired) electrons. The van der Waals surface area contributed by atoms with E-state index in [2.05, 4.69) is 0 Å². The third-order valence-corrected chi connectivity index (χ3v) is 4.23. The van der Waals surface area contributed by atoms with E-state index in [0.717, 1.165) is 29.5 Å². The maximum Gasteiger partial charge on any atom is 0.294 e. The molecule has 1 aromatic heterocycles. The Kier molecular flexibility index (Phi) is 6.04. The van der Waals surface area contributed by atoms with Gasteiger partial charge in [0.15, 0.2) is 0 Å². The second-order valence-electron chi connectivity index (χ2n) is 5.16. The Morgan fingerprint density at radius 1 is 1.30 bits per heavy atom. The van der Waals surface area contributed by atoms with E-state index in [-0.39, 0.29) is 17.4 Å². The number of amides is 3. The quantitative estimate of drug-likeness (QED) is 0.716. The van der Waals surface area contributed by atoms with Crippen LogP contribution in [0.4, 0.5) is 4.79 Å². The normalized spacial score (nSPS) is 16.4. The van der Waals surface area contributed by atoms with Gasteiger partial charge in [0, 0.05) is 19.2 Å². The number of thioether (sulfide) groups is 1. The molecule has 1 saturated heterocycles. The lowest BCUT2D eigenvalue weighted by Gasteiger charge is -2.23. The van der Waals surface area contributed by atoms with Crippen LogP contribution in [0.15, 0.2) is 27.7 Å². The van der Waals surface area contributed by atoms with E-state index in [1.165, 1.54) is 12.3 Å². The van der Waals surface area contributed by atoms with Crippen LogP contribution in [0.5, 0.6) is 0 Å². The molecule has 0 aliphatic carbocycles. The van der Waals surface area contributed by atoms with Gasteiger partial charge in [-0.25, -0.2) is 0 Å². The molecule has 1 fully saturated rings. The Labute approximate surface area is 139 Å². The molecule has 0 N–H and O–H groups in total. The van der Waals surface area contributed by atoms with Crippen molar-refractivity contribution in [1.82, 2.24) is 9.80 Å². The van der Waals surface area contributed by atoms with Crippen molar-refractivity contribution in [3.63, 3.8) is 0 Å². The Morgan fingerprint density at radius 3 is 2.57 bits per heavy atom. The number of carbonyl (C=O) groups is 3. The molecule has 0 unspecified atom stereocenters. The fraction of sp³-hybridized carbons (Fsp3) is 0.438. The predicted octanol–water partition coefficient (Wildman–Crippen LogP) is 2.96. The van der Waals surface area contributed by atoms with Crippen LogP contribution in [0.3, 0.4) is 0 Å². The van der Waals surface area contributed by atoms with Gasteiger partial charge < -0.3 is 9.32 Å². The zero-order valence-electron chi connectivity index (χ0n) is 13.3. The minimum atomic E-state index is -0.447. The van der Waals surface area contributed by atoms with Gasteiger partial charge in [-0.1, -0.05) is 13.8 Å². The van der Waals surface area contributed by atoms with E-state index in [4.69, 9.17) is 4.42 Å². The van der Waals surface area contributed by atoms with Gasteiger partial charge in [-0.05, 0) is 36.7 Å². The number of nitrogens with zero attached hydrogens (tertiary/aromatic N) is 2. The summed E-state index contributed by atoms with van der Waals surface area (Å²) in [5.74, 6) is -0.145. The lowest BCUT2D eigenvalue weighted by atomic mass is 10.3. The molecule has 6 nitrogen and oxygen atoms in total. The van der Waals surface area contributed by atoms with Crippen LogP contribution < -0.4 is 0 Å².